The summed E-state index contributed by atoms with van der Waals surface area (Å²) < 4.78 is 0.874. The molecule has 0 aliphatic heterocycles. The molecule has 3 N–H and O–H groups in total. The lowest BCUT2D eigenvalue weighted by molar-refractivity contribution is 0.102. The summed E-state index contributed by atoms with van der Waals surface area (Å²) in [7, 11) is 0. The molecule has 2 heterocycles. The lowest BCUT2D eigenvalue weighted by atomic mass is 10.2. The molecule has 1 aromatic carbocycles. The minimum Gasteiger partial charge on any atom is -0.339 e. The van der Waals surface area contributed by atoms with Crippen LogP contribution in [-0.2, 0) is 0 Å². The molecule has 100 valence electrons. The lowest BCUT2D eigenvalue weighted by Crippen LogP contribution is -2.18. The number of nitrogens with one attached hydrogen (secondary N) is 3. The highest BCUT2D eigenvalue weighted by Gasteiger charge is 2.10. The van der Waals surface area contributed by atoms with E-state index in [2.05, 4.69) is 41.2 Å². The number of carbonyl (C=O) groups is 1. The molecule has 1 amide bonds. The van der Waals surface area contributed by atoms with Crippen LogP contribution in [0.15, 0.2) is 39.9 Å². The number of anilines is 1. The summed E-state index contributed by atoms with van der Waals surface area (Å²) in [4.78, 5) is 36.8. The van der Waals surface area contributed by atoms with E-state index in [1.54, 1.807) is 24.3 Å². The van der Waals surface area contributed by atoms with Crippen molar-refractivity contribution >= 4 is 38.9 Å². The predicted octanol–water partition coefficient (Wildman–Crippen LogP) is 1.66. The summed E-state index contributed by atoms with van der Waals surface area (Å²) in [6.07, 6.45) is 1.38. The van der Waals surface area contributed by atoms with Crippen LogP contribution in [0, 0.1) is 0 Å². The van der Waals surface area contributed by atoms with Gasteiger partial charge in [-0.15, -0.1) is 0 Å². The molecule has 0 aliphatic carbocycles. The van der Waals surface area contributed by atoms with Crippen LogP contribution in [0.2, 0.25) is 0 Å². The van der Waals surface area contributed by atoms with Crippen molar-refractivity contribution in [3.05, 3.63) is 51.0 Å². The molecule has 0 bridgehead atoms. The molecule has 0 saturated heterocycles. The van der Waals surface area contributed by atoms with E-state index in [1.807, 2.05) is 0 Å². The van der Waals surface area contributed by atoms with Crippen LogP contribution in [0.4, 0.5) is 5.95 Å². The highest BCUT2D eigenvalue weighted by molar-refractivity contribution is 9.10. The van der Waals surface area contributed by atoms with Gasteiger partial charge in [0, 0.05) is 10.0 Å². The van der Waals surface area contributed by atoms with Gasteiger partial charge in [-0.1, -0.05) is 15.9 Å². The fraction of sp³-hybridized carbons (Fsp3) is 0. The van der Waals surface area contributed by atoms with Crippen LogP contribution < -0.4 is 10.9 Å². The van der Waals surface area contributed by atoms with E-state index >= 15 is 0 Å². The number of halogens is 1. The van der Waals surface area contributed by atoms with Gasteiger partial charge in [0.1, 0.15) is 0 Å². The van der Waals surface area contributed by atoms with Crippen molar-refractivity contribution in [3.63, 3.8) is 0 Å². The number of benzene rings is 1. The van der Waals surface area contributed by atoms with Gasteiger partial charge in [0.05, 0.1) is 6.33 Å². The normalized spacial score (nSPS) is 10.7. The Balaban J connectivity index is 1.90. The Morgan fingerprint density at radius 2 is 2.00 bits per heavy atom. The van der Waals surface area contributed by atoms with E-state index in [0.717, 1.165) is 4.47 Å². The maximum Gasteiger partial charge on any atom is 0.300 e. The molecular weight excluding hydrogens is 326 g/mol. The zero-order valence-corrected chi connectivity index (χ0v) is 11.6. The molecule has 7 nitrogen and oxygen atoms in total. The Labute approximate surface area is 120 Å². The minimum atomic E-state index is -0.484. The maximum absolute atomic E-state index is 12.0. The molecule has 0 fully saturated rings. The first-order chi connectivity index (χ1) is 9.63. The minimum absolute atomic E-state index is 0.0579. The molecule has 20 heavy (non-hydrogen) atoms. The third-order valence-corrected chi connectivity index (χ3v) is 3.17. The third-order valence-electron chi connectivity index (χ3n) is 2.64. The van der Waals surface area contributed by atoms with Gasteiger partial charge in [-0.2, -0.15) is 4.98 Å². The topological polar surface area (TPSA) is 104 Å². The van der Waals surface area contributed by atoms with Crippen LogP contribution >= 0.6 is 15.9 Å². The Hall–Kier alpha value is -2.48. The SMILES string of the molecule is O=C(Nc1nc(=O)c2[nH]cnc2[nH]1)c1ccc(Br)cc1. The molecule has 8 heteroatoms. The lowest BCUT2D eigenvalue weighted by Gasteiger charge is -2.04. The van der Waals surface area contributed by atoms with Crippen LogP contribution in [0.25, 0.3) is 11.2 Å². The predicted molar refractivity (Wildman–Crippen MR) is 76.6 cm³/mol. The number of fused-ring (bicyclic) bond motifs is 1. The number of rotatable bonds is 2. The van der Waals surface area contributed by atoms with E-state index < -0.39 is 5.56 Å². The standard InChI is InChI=1S/C12H8BrN5O2/c13-7-3-1-6(2-4-7)10(19)17-12-16-9-8(11(20)18-12)14-5-15-9/h1-5H,(H3,14,15,16,17,18,19,20). The van der Waals surface area contributed by atoms with E-state index in [0.29, 0.717) is 11.2 Å². The Morgan fingerprint density at radius 1 is 1.25 bits per heavy atom. The van der Waals surface area contributed by atoms with Crippen molar-refractivity contribution in [2.24, 2.45) is 0 Å². The van der Waals surface area contributed by atoms with Crippen molar-refractivity contribution < 1.29 is 4.79 Å². The quantitative estimate of drug-likeness (QED) is 0.663. The second kappa shape index (κ2) is 4.89. The number of amides is 1. The molecule has 0 atom stereocenters. The molecule has 0 saturated carbocycles. The van der Waals surface area contributed by atoms with E-state index in [4.69, 9.17) is 0 Å². The number of H-pyrrole nitrogens is 2. The van der Waals surface area contributed by atoms with Crippen LogP contribution in [0.3, 0.4) is 0 Å². The zero-order valence-electron chi connectivity index (χ0n) is 9.98. The Bertz CT molecular complexity index is 837. The average Bonchev–Trinajstić information content (AvgIpc) is 2.88. The first-order valence-corrected chi connectivity index (χ1v) is 6.43. The number of hydrogen-bond acceptors (Lipinski definition) is 4. The second-order valence-corrected chi connectivity index (χ2v) is 4.89. The van der Waals surface area contributed by atoms with Crippen LogP contribution in [-0.4, -0.2) is 25.8 Å². The van der Waals surface area contributed by atoms with Crippen molar-refractivity contribution in [3.8, 4) is 0 Å². The number of aromatic nitrogens is 4. The zero-order chi connectivity index (χ0) is 14.1. The molecule has 0 aliphatic rings. The number of carbonyl (C=O) groups excluding carboxylic acids is 1. The average molecular weight is 334 g/mol. The first kappa shape index (κ1) is 12.5. The molecule has 0 spiro atoms. The van der Waals surface area contributed by atoms with Crippen molar-refractivity contribution in [1.29, 1.82) is 0 Å². The van der Waals surface area contributed by atoms with Gasteiger partial charge in [-0.05, 0) is 24.3 Å². The van der Waals surface area contributed by atoms with E-state index in [1.165, 1.54) is 6.33 Å². The molecule has 3 rings (SSSR count). The van der Waals surface area contributed by atoms with Gasteiger partial charge >= 0.3 is 5.56 Å². The van der Waals surface area contributed by atoms with Crippen LogP contribution in [0.5, 0.6) is 0 Å². The first-order valence-electron chi connectivity index (χ1n) is 5.64. The number of aromatic amines is 2. The van der Waals surface area contributed by atoms with Crippen LogP contribution in [0.1, 0.15) is 10.4 Å². The smallest absolute Gasteiger partial charge is 0.300 e. The molecule has 0 unspecified atom stereocenters. The van der Waals surface area contributed by atoms with Gasteiger partial charge < -0.3 is 9.97 Å². The van der Waals surface area contributed by atoms with Gasteiger partial charge in [-0.3, -0.25) is 14.9 Å². The van der Waals surface area contributed by atoms with Gasteiger partial charge in [0.2, 0.25) is 5.95 Å². The number of hydrogen-bond donors (Lipinski definition) is 3. The summed E-state index contributed by atoms with van der Waals surface area (Å²) in [6, 6.07) is 6.82. The fourth-order valence-electron chi connectivity index (χ4n) is 1.69. The largest absolute Gasteiger partial charge is 0.339 e. The molecule has 2 aromatic heterocycles. The van der Waals surface area contributed by atoms with Crippen molar-refractivity contribution in [2.45, 2.75) is 0 Å². The summed E-state index contributed by atoms with van der Waals surface area (Å²) in [5.41, 5.74) is 0.586. The van der Waals surface area contributed by atoms with Crippen molar-refractivity contribution in [1.82, 2.24) is 19.9 Å². The second-order valence-electron chi connectivity index (χ2n) is 3.98. The van der Waals surface area contributed by atoms with Gasteiger partial charge in [0.15, 0.2) is 11.2 Å². The Morgan fingerprint density at radius 3 is 2.75 bits per heavy atom. The van der Waals surface area contributed by atoms with E-state index in [-0.39, 0.29) is 17.4 Å². The monoisotopic (exact) mass is 333 g/mol. The van der Waals surface area contributed by atoms with Gasteiger partial charge in [-0.25, -0.2) is 4.98 Å². The summed E-state index contributed by atoms with van der Waals surface area (Å²) in [5.74, 6) is -0.307. The summed E-state index contributed by atoms with van der Waals surface area (Å²) in [6.45, 7) is 0. The summed E-state index contributed by atoms with van der Waals surface area (Å²) in [5, 5.41) is 2.53. The molecule has 3 aromatic rings. The third kappa shape index (κ3) is 2.32. The maximum atomic E-state index is 12.0. The van der Waals surface area contributed by atoms with E-state index in [9.17, 15) is 9.59 Å². The Kier molecular flexibility index (Phi) is 3.07. The summed E-state index contributed by atoms with van der Waals surface area (Å²) >= 11 is 3.29. The van der Waals surface area contributed by atoms with Gasteiger partial charge in [0.25, 0.3) is 5.91 Å². The molecular formula is C12H8BrN5O2. The molecule has 0 radical (unpaired) electrons. The van der Waals surface area contributed by atoms with Crippen molar-refractivity contribution in [2.75, 3.05) is 5.32 Å². The fourth-order valence-corrected chi connectivity index (χ4v) is 1.95. The highest BCUT2D eigenvalue weighted by atomic mass is 79.9. The highest BCUT2D eigenvalue weighted by Crippen LogP contribution is 2.11. The number of imidazole rings is 1. The number of nitrogens with zero attached hydrogens (tertiary/aromatic N) is 2.